The summed E-state index contributed by atoms with van der Waals surface area (Å²) in [5, 5.41) is 0. The highest BCUT2D eigenvalue weighted by molar-refractivity contribution is 5.68. The van der Waals surface area contributed by atoms with Crippen molar-refractivity contribution in [2.24, 2.45) is 5.41 Å². The Labute approximate surface area is 168 Å². The van der Waals surface area contributed by atoms with Gasteiger partial charge < -0.3 is 23.8 Å². The third-order valence-electron chi connectivity index (χ3n) is 7.00. The molecule has 1 amide bonds. The van der Waals surface area contributed by atoms with Gasteiger partial charge in [0.2, 0.25) is 0 Å². The Morgan fingerprint density at radius 3 is 2.79 bits per heavy atom. The lowest BCUT2D eigenvalue weighted by Gasteiger charge is -2.51. The molecule has 1 saturated carbocycles. The van der Waals surface area contributed by atoms with Crippen molar-refractivity contribution in [3.63, 3.8) is 0 Å². The van der Waals surface area contributed by atoms with Gasteiger partial charge in [0.05, 0.1) is 13.2 Å². The molecular formula is C21H34N4O3. The van der Waals surface area contributed by atoms with Crippen LogP contribution in [-0.2, 0) is 16.0 Å². The number of rotatable bonds is 6. The maximum atomic E-state index is 12.0. The Morgan fingerprint density at radius 1 is 1.29 bits per heavy atom. The van der Waals surface area contributed by atoms with E-state index < -0.39 is 0 Å². The number of amides is 1. The van der Waals surface area contributed by atoms with Gasteiger partial charge in [-0.15, -0.1) is 0 Å². The summed E-state index contributed by atoms with van der Waals surface area (Å²) in [5.74, 6) is 1.78. The van der Waals surface area contributed by atoms with Crippen LogP contribution in [0.3, 0.4) is 0 Å². The number of piperidine rings is 1. The van der Waals surface area contributed by atoms with E-state index in [0.29, 0.717) is 24.0 Å². The van der Waals surface area contributed by atoms with Crippen molar-refractivity contribution in [1.82, 2.24) is 19.4 Å². The summed E-state index contributed by atoms with van der Waals surface area (Å²) in [6, 6.07) is 0.691. The Hall–Kier alpha value is -1.60. The van der Waals surface area contributed by atoms with Gasteiger partial charge in [-0.05, 0) is 57.5 Å². The van der Waals surface area contributed by atoms with Crippen LogP contribution in [0.25, 0.3) is 0 Å². The van der Waals surface area contributed by atoms with Crippen molar-refractivity contribution >= 4 is 6.09 Å². The SMILES string of the molecule is CCOC(=O)N1CCC2(CC(N3CCC(c4nccn4CCOC)CC3)C2)C1. The van der Waals surface area contributed by atoms with Gasteiger partial charge in [-0.1, -0.05) is 0 Å². The number of aromatic nitrogens is 2. The van der Waals surface area contributed by atoms with Crippen molar-refractivity contribution in [2.75, 3.05) is 46.5 Å². The number of nitrogens with zero attached hydrogens (tertiary/aromatic N) is 4. The van der Waals surface area contributed by atoms with E-state index in [1.54, 1.807) is 7.11 Å². The van der Waals surface area contributed by atoms with Gasteiger partial charge in [0, 0.05) is 51.1 Å². The van der Waals surface area contributed by atoms with Gasteiger partial charge in [0.25, 0.3) is 0 Å². The topological polar surface area (TPSA) is 59.8 Å². The van der Waals surface area contributed by atoms with Crippen LogP contribution >= 0.6 is 0 Å². The van der Waals surface area contributed by atoms with Gasteiger partial charge in [-0.3, -0.25) is 0 Å². The number of imidazole rings is 1. The second-order valence-corrected chi connectivity index (χ2v) is 8.71. The molecule has 3 heterocycles. The molecule has 0 atom stereocenters. The summed E-state index contributed by atoms with van der Waals surface area (Å²) in [5.41, 5.74) is 0.352. The molecule has 3 aliphatic rings. The van der Waals surface area contributed by atoms with Crippen LogP contribution in [-0.4, -0.2) is 78.0 Å². The van der Waals surface area contributed by atoms with Crippen molar-refractivity contribution in [2.45, 2.75) is 57.5 Å². The molecule has 0 radical (unpaired) electrons. The van der Waals surface area contributed by atoms with Crippen LogP contribution in [0.5, 0.6) is 0 Å². The monoisotopic (exact) mass is 390 g/mol. The maximum Gasteiger partial charge on any atom is 0.409 e. The van der Waals surface area contributed by atoms with Crippen LogP contribution < -0.4 is 0 Å². The second kappa shape index (κ2) is 8.41. The Kier molecular flexibility index (Phi) is 5.92. The maximum absolute atomic E-state index is 12.0. The van der Waals surface area contributed by atoms with Crippen LogP contribution in [0.1, 0.15) is 50.8 Å². The number of ether oxygens (including phenoxy) is 2. The fourth-order valence-electron chi connectivity index (χ4n) is 5.42. The molecular weight excluding hydrogens is 356 g/mol. The largest absolute Gasteiger partial charge is 0.450 e. The minimum atomic E-state index is -0.132. The molecule has 0 N–H and O–H groups in total. The molecule has 7 heteroatoms. The van der Waals surface area contributed by atoms with Crippen molar-refractivity contribution in [3.8, 4) is 0 Å². The predicted molar refractivity (Wildman–Crippen MR) is 106 cm³/mol. The van der Waals surface area contributed by atoms with E-state index in [0.717, 1.165) is 45.8 Å². The third kappa shape index (κ3) is 3.92. The fraction of sp³-hybridized carbons (Fsp3) is 0.810. The van der Waals surface area contributed by atoms with E-state index in [1.807, 2.05) is 18.0 Å². The summed E-state index contributed by atoms with van der Waals surface area (Å²) in [6.07, 6.45) is 9.83. The second-order valence-electron chi connectivity index (χ2n) is 8.71. The summed E-state index contributed by atoms with van der Waals surface area (Å²) in [6.45, 7) is 8.01. The zero-order valence-corrected chi connectivity index (χ0v) is 17.3. The standard InChI is InChI=1S/C21H34N4O3/c1-3-28-20(26)25-10-6-21(16-25)14-18(15-21)23-8-4-17(5-9-23)19-22-7-11-24(19)12-13-27-2/h7,11,17-18H,3-6,8-10,12-16H2,1-2H3. The number of hydrogen-bond donors (Lipinski definition) is 0. The third-order valence-corrected chi connectivity index (χ3v) is 7.00. The minimum Gasteiger partial charge on any atom is -0.450 e. The molecule has 4 rings (SSSR count). The number of carbonyl (C=O) groups is 1. The number of hydrogen-bond acceptors (Lipinski definition) is 5. The molecule has 1 aromatic rings. The number of likely N-dealkylation sites (tertiary alicyclic amines) is 2. The highest BCUT2D eigenvalue weighted by Gasteiger charge is 2.51. The molecule has 0 aromatic carbocycles. The minimum absolute atomic E-state index is 0.132. The van der Waals surface area contributed by atoms with E-state index >= 15 is 0 Å². The first-order chi connectivity index (χ1) is 13.6. The summed E-state index contributed by atoms with van der Waals surface area (Å²) in [4.78, 5) is 21.2. The Morgan fingerprint density at radius 2 is 2.07 bits per heavy atom. The molecule has 0 unspecified atom stereocenters. The van der Waals surface area contributed by atoms with Gasteiger partial charge in [0.1, 0.15) is 5.82 Å². The summed E-state index contributed by atoms with van der Waals surface area (Å²) in [7, 11) is 1.75. The molecule has 156 valence electrons. The fourth-order valence-corrected chi connectivity index (χ4v) is 5.42. The summed E-state index contributed by atoms with van der Waals surface area (Å²) < 4.78 is 12.6. The lowest BCUT2D eigenvalue weighted by atomic mass is 9.64. The first kappa shape index (κ1) is 19.7. The zero-order valence-electron chi connectivity index (χ0n) is 17.3. The van der Waals surface area contributed by atoms with E-state index in [4.69, 9.17) is 9.47 Å². The highest BCUT2D eigenvalue weighted by atomic mass is 16.6. The molecule has 1 aromatic heterocycles. The van der Waals surface area contributed by atoms with E-state index in [2.05, 4.69) is 20.6 Å². The average molecular weight is 391 g/mol. The van der Waals surface area contributed by atoms with Gasteiger partial charge >= 0.3 is 6.09 Å². The quantitative estimate of drug-likeness (QED) is 0.747. The lowest BCUT2D eigenvalue weighted by molar-refractivity contribution is -0.00525. The van der Waals surface area contributed by atoms with Crippen molar-refractivity contribution < 1.29 is 14.3 Å². The van der Waals surface area contributed by atoms with Gasteiger partial charge in [-0.2, -0.15) is 0 Å². The lowest BCUT2D eigenvalue weighted by Crippen LogP contribution is -2.54. The molecule has 28 heavy (non-hydrogen) atoms. The first-order valence-corrected chi connectivity index (χ1v) is 10.8. The van der Waals surface area contributed by atoms with Gasteiger partial charge in [-0.25, -0.2) is 9.78 Å². The average Bonchev–Trinajstić information content (AvgIpc) is 3.33. The highest BCUT2D eigenvalue weighted by Crippen LogP contribution is 2.51. The van der Waals surface area contributed by atoms with Crippen molar-refractivity contribution in [3.05, 3.63) is 18.2 Å². The van der Waals surface area contributed by atoms with Crippen LogP contribution in [0.2, 0.25) is 0 Å². The number of methoxy groups -OCH3 is 1. The predicted octanol–water partition coefficient (Wildman–Crippen LogP) is 2.72. The smallest absolute Gasteiger partial charge is 0.409 e. The van der Waals surface area contributed by atoms with Crippen molar-refractivity contribution in [1.29, 1.82) is 0 Å². The molecule has 2 aliphatic heterocycles. The summed E-state index contributed by atoms with van der Waals surface area (Å²) >= 11 is 0. The normalized spacial score (nSPS) is 28.6. The zero-order chi connectivity index (χ0) is 19.6. The van der Waals surface area contributed by atoms with E-state index in [-0.39, 0.29) is 6.09 Å². The molecule has 7 nitrogen and oxygen atoms in total. The molecule has 3 fully saturated rings. The molecule has 1 spiro atoms. The van der Waals surface area contributed by atoms with Gasteiger partial charge in [0.15, 0.2) is 0 Å². The van der Waals surface area contributed by atoms with Crippen LogP contribution in [0.4, 0.5) is 4.79 Å². The van der Waals surface area contributed by atoms with Crippen LogP contribution in [0, 0.1) is 5.41 Å². The van der Waals surface area contributed by atoms with E-state index in [9.17, 15) is 4.79 Å². The first-order valence-electron chi connectivity index (χ1n) is 10.8. The van der Waals surface area contributed by atoms with Crippen LogP contribution in [0.15, 0.2) is 12.4 Å². The number of carbonyl (C=O) groups excluding carboxylic acids is 1. The van der Waals surface area contributed by atoms with E-state index in [1.165, 1.54) is 31.5 Å². The molecule has 2 saturated heterocycles. The molecule has 0 bridgehead atoms. The molecule has 1 aliphatic carbocycles. The Balaban J connectivity index is 1.24. The Bertz CT molecular complexity index is 662.